The number of hydrogen-bond donors (Lipinski definition) is 2. The van der Waals surface area contributed by atoms with Crippen LogP contribution in [0.2, 0.25) is 0 Å². The van der Waals surface area contributed by atoms with Crippen molar-refractivity contribution in [1.82, 2.24) is 9.88 Å². The number of para-hydroxylation sites is 1. The third-order valence-electron chi connectivity index (χ3n) is 3.87. The summed E-state index contributed by atoms with van der Waals surface area (Å²) in [6, 6.07) is 9.43. The van der Waals surface area contributed by atoms with Crippen LogP contribution in [0.3, 0.4) is 0 Å². The molecule has 0 aliphatic heterocycles. The Morgan fingerprint density at radius 3 is 2.95 bits per heavy atom. The van der Waals surface area contributed by atoms with Gasteiger partial charge in [-0.2, -0.15) is 5.26 Å². The number of hydrogen-bond acceptors (Lipinski definition) is 3. The smallest absolute Gasteiger partial charge is 0.270 e. The lowest BCUT2D eigenvalue weighted by Crippen LogP contribution is -2.37. The molecule has 0 atom stereocenters. The minimum absolute atomic E-state index is 0.0348. The molecule has 1 fully saturated rings. The number of benzene rings is 1. The summed E-state index contributed by atoms with van der Waals surface area (Å²) in [5, 5.41) is 10.0. The summed E-state index contributed by atoms with van der Waals surface area (Å²) in [4.78, 5) is 17.5. The number of aromatic amines is 1. The molecular formula is C16H18N4O. The van der Waals surface area contributed by atoms with Gasteiger partial charge >= 0.3 is 0 Å². The van der Waals surface area contributed by atoms with Crippen molar-refractivity contribution in [2.75, 3.05) is 19.6 Å². The molecule has 0 bridgehead atoms. The molecular weight excluding hydrogens is 264 g/mol. The molecule has 0 spiro atoms. The van der Waals surface area contributed by atoms with Crippen LogP contribution >= 0.6 is 0 Å². The van der Waals surface area contributed by atoms with Crippen LogP contribution in [0.25, 0.3) is 10.9 Å². The number of H-pyrrole nitrogens is 1. The highest BCUT2D eigenvalue weighted by molar-refractivity contribution is 5.99. The normalized spacial score (nSPS) is 14.1. The number of aromatic nitrogens is 1. The molecule has 0 saturated heterocycles. The Morgan fingerprint density at radius 2 is 2.29 bits per heavy atom. The van der Waals surface area contributed by atoms with Crippen molar-refractivity contribution < 1.29 is 4.79 Å². The van der Waals surface area contributed by atoms with Gasteiger partial charge in [0.05, 0.1) is 11.1 Å². The molecule has 1 aromatic carbocycles. The fraction of sp³-hybridized carbons (Fsp3) is 0.375. The Labute approximate surface area is 123 Å². The maximum Gasteiger partial charge on any atom is 0.270 e. The van der Waals surface area contributed by atoms with Crippen LogP contribution in [0.4, 0.5) is 0 Å². The zero-order chi connectivity index (χ0) is 14.8. The lowest BCUT2D eigenvalue weighted by atomic mass is 10.1. The molecule has 3 rings (SSSR count). The van der Waals surface area contributed by atoms with Gasteiger partial charge in [-0.15, -0.1) is 0 Å². The molecule has 1 aliphatic carbocycles. The molecule has 1 saturated carbocycles. The van der Waals surface area contributed by atoms with Gasteiger partial charge in [0.1, 0.15) is 11.8 Å². The summed E-state index contributed by atoms with van der Waals surface area (Å²) in [7, 11) is 0. The van der Waals surface area contributed by atoms with Crippen molar-refractivity contribution >= 4 is 16.8 Å². The Hall–Kier alpha value is -2.32. The minimum atomic E-state index is -0.0348. The van der Waals surface area contributed by atoms with Gasteiger partial charge in [-0.1, -0.05) is 12.1 Å². The van der Waals surface area contributed by atoms with Crippen LogP contribution in [0.5, 0.6) is 0 Å². The van der Waals surface area contributed by atoms with Crippen molar-refractivity contribution in [3.8, 4) is 6.07 Å². The summed E-state index contributed by atoms with van der Waals surface area (Å²) in [5.41, 5.74) is 7.42. The second kappa shape index (κ2) is 5.58. The zero-order valence-corrected chi connectivity index (χ0v) is 11.8. The van der Waals surface area contributed by atoms with E-state index in [9.17, 15) is 4.79 Å². The van der Waals surface area contributed by atoms with E-state index in [-0.39, 0.29) is 5.91 Å². The Bertz CT molecular complexity index is 709. The number of nitrogens with two attached hydrogens (primary N) is 1. The zero-order valence-electron chi connectivity index (χ0n) is 11.8. The number of carbonyl (C=O) groups is 1. The van der Waals surface area contributed by atoms with Crippen LogP contribution in [-0.2, 0) is 0 Å². The largest absolute Gasteiger partial charge is 0.349 e. The van der Waals surface area contributed by atoms with Gasteiger partial charge in [0.15, 0.2) is 0 Å². The number of rotatable bonds is 5. The Kier molecular flexibility index (Phi) is 3.63. The molecule has 21 heavy (non-hydrogen) atoms. The van der Waals surface area contributed by atoms with E-state index in [1.54, 1.807) is 6.07 Å². The molecule has 0 radical (unpaired) electrons. The third-order valence-corrected chi connectivity index (χ3v) is 3.87. The van der Waals surface area contributed by atoms with Crippen LogP contribution < -0.4 is 5.73 Å². The highest BCUT2D eigenvalue weighted by Gasteiger charge is 2.27. The predicted octanol–water partition coefficient (Wildman–Crippen LogP) is 1.85. The Morgan fingerprint density at radius 1 is 1.48 bits per heavy atom. The highest BCUT2D eigenvalue weighted by atomic mass is 16.2. The number of nitrogens with zero attached hydrogens (tertiary/aromatic N) is 2. The summed E-state index contributed by atoms with van der Waals surface area (Å²) in [5.74, 6) is 0.590. The number of amides is 1. The molecule has 1 amide bonds. The van der Waals surface area contributed by atoms with Gasteiger partial charge in [0.25, 0.3) is 5.91 Å². The van der Waals surface area contributed by atoms with Crippen molar-refractivity contribution in [3.05, 3.63) is 35.5 Å². The number of fused-ring (bicyclic) bond motifs is 1. The molecule has 0 unspecified atom stereocenters. The van der Waals surface area contributed by atoms with E-state index >= 15 is 0 Å². The molecule has 2 aromatic rings. The highest BCUT2D eigenvalue weighted by Crippen LogP contribution is 2.30. The number of nitriles is 1. The van der Waals surface area contributed by atoms with E-state index in [0.717, 1.165) is 17.4 Å². The molecule has 5 heteroatoms. The Balaban J connectivity index is 1.90. The quantitative estimate of drug-likeness (QED) is 0.877. The molecule has 1 aliphatic rings. The summed E-state index contributed by atoms with van der Waals surface area (Å²) in [6.45, 7) is 1.80. The van der Waals surface area contributed by atoms with Crippen molar-refractivity contribution in [2.45, 2.75) is 12.8 Å². The first kappa shape index (κ1) is 13.7. The number of carbonyl (C=O) groups excluding carboxylic acids is 1. The van der Waals surface area contributed by atoms with Crippen LogP contribution in [0, 0.1) is 17.2 Å². The van der Waals surface area contributed by atoms with Gasteiger partial charge in [-0.3, -0.25) is 4.79 Å². The van der Waals surface area contributed by atoms with Crippen molar-refractivity contribution in [1.29, 1.82) is 5.26 Å². The SMILES string of the molecule is N#Cc1cccc2cc(C(=O)N(CCN)CC3CC3)[nH]c12. The fourth-order valence-electron chi connectivity index (χ4n) is 2.58. The first-order chi connectivity index (χ1) is 10.2. The predicted molar refractivity (Wildman–Crippen MR) is 80.7 cm³/mol. The molecule has 1 aromatic heterocycles. The van der Waals surface area contributed by atoms with Gasteiger partial charge in [0, 0.05) is 25.0 Å². The van der Waals surface area contributed by atoms with Gasteiger partial charge < -0.3 is 15.6 Å². The lowest BCUT2D eigenvalue weighted by Gasteiger charge is -2.21. The van der Waals surface area contributed by atoms with Gasteiger partial charge in [0.2, 0.25) is 0 Å². The fourth-order valence-corrected chi connectivity index (χ4v) is 2.58. The lowest BCUT2D eigenvalue weighted by molar-refractivity contribution is 0.0747. The summed E-state index contributed by atoms with van der Waals surface area (Å²) >= 11 is 0. The van der Waals surface area contributed by atoms with Crippen LogP contribution in [0.1, 0.15) is 28.9 Å². The first-order valence-electron chi connectivity index (χ1n) is 7.24. The standard InChI is InChI=1S/C16H18N4O/c17-6-7-20(10-11-4-5-11)16(21)14-8-12-2-1-3-13(9-18)15(12)19-14/h1-3,8,11,19H,4-7,10,17H2. The average Bonchev–Trinajstić information content (AvgIpc) is 3.20. The number of nitrogens with one attached hydrogen (secondary N) is 1. The summed E-state index contributed by atoms with van der Waals surface area (Å²) in [6.07, 6.45) is 2.39. The van der Waals surface area contributed by atoms with E-state index in [4.69, 9.17) is 11.0 Å². The van der Waals surface area contributed by atoms with E-state index in [1.165, 1.54) is 12.8 Å². The molecule has 1 heterocycles. The summed E-state index contributed by atoms with van der Waals surface area (Å²) < 4.78 is 0. The second-order valence-electron chi connectivity index (χ2n) is 5.55. The third kappa shape index (κ3) is 2.76. The maximum atomic E-state index is 12.6. The minimum Gasteiger partial charge on any atom is -0.349 e. The van der Waals surface area contributed by atoms with Crippen LogP contribution in [-0.4, -0.2) is 35.4 Å². The topological polar surface area (TPSA) is 85.9 Å². The van der Waals surface area contributed by atoms with Gasteiger partial charge in [-0.05, 0) is 30.9 Å². The van der Waals surface area contributed by atoms with E-state index in [0.29, 0.717) is 30.3 Å². The monoisotopic (exact) mass is 282 g/mol. The average molecular weight is 282 g/mol. The second-order valence-corrected chi connectivity index (χ2v) is 5.55. The van der Waals surface area contributed by atoms with Crippen molar-refractivity contribution in [3.63, 3.8) is 0 Å². The van der Waals surface area contributed by atoms with Gasteiger partial charge in [-0.25, -0.2) is 0 Å². The molecule has 3 N–H and O–H groups in total. The van der Waals surface area contributed by atoms with Crippen LogP contribution in [0.15, 0.2) is 24.3 Å². The van der Waals surface area contributed by atoms with E-state index in [2.05, 4.69) is 11.1 Å². The maximum absolute atomic E-state index is 12.6. The van der Waals surface area contributed by atoms with E-state index < -0.39 is 0 Å². The van der Waals surface area contributed by atoms with Crippen molar-refractivity contribution in [2.24, 2.45) is 11.7 Å². The molecule has 108 valence electrons. The first-order valence-corrected chi connectivity index (χ1v) is 7.24. The van der Waals surface area contributed by atoms with E-state index in [1.807, 2.05) is 23.1 Å². The molecule has 5 nitrogen and oxygen atoms in total.